The molecule has 3 N–H and O–H groups in total. The monoisotopic (exact) mass is 579 g/mol. The molecule has 0 radical (unpaired) electrons. The van der Waals surface area contributed by atoms with Gasteiger partial charge in [-0.05, 0) is 36.5 Å². The standard InChI is InChI=1S/C28H36F3N5O5/c1-5-6-7-22(24(37)25(38)32-16-20-12-14-33-41-20)40-26(39)34-23(27(2,3)4)17-36-15-13-21(35-36)18-8-10-19(11-9-18)28(29,30)31/h8-15,22-24,37H,5-7,16-17H2,1-4H3,(H,32,38)(H,34,39)/t22-,23+,24+/m0/s1. The highest BCUT2D eigenvalue weighted by molar-refractivity contribution is 5.81. The van der Waals surface area contributed by atoms with Crippen LogP contribution in [0.2, 0.25) is 0 Å². The number of carbonyl (C=O) groups is 2. The van der Waals surface area contributed by atoms with Crippen LogP contribution in [-0.4, -0.2) is 50.3 Å². The number of unbranched alkanes of at least 4 members (excludes halogenated alkanes) is 1. The fourth-order valence-electron chi connectivity index (χ4n) is 3.95. The van der Waals surface area contributed by atoms with E-state index in [0.29, 0.717) is 23.4 Å². The number of halogens is 3. The number of nitrogens with zero attached hydrogens (tertiary/aromatic N) is 3. The Labute approximate surface area is 236 Å². The molecule has 0 bridgehead atoms. The summed E-state index contributed by atoms with van der Waals surface area (Å²) in [7, 11) is 0. The lowest BCUT2D eigenvalue weighted by Crippen LogP contribution is -2.50. The van der Waals surface area contributed by atoms with Gasteiger partial charge in [0.25, 0.3) is 5.91 Å². The number of ether oxygens (including phenoxy) is 1. The first-order chi connectivity index (χ1) is 19.3. The van der Waals surface area contributed by atoms with Crippen molar-refractivity contribution in [3.63, 3.8) is 0 Å². The summed E-state index contributed by atoms with van der Waals surface area (Å²) in [5.41, 5.74) is -0.199. The van der Waals surface area contributed by atoms with Gasteiger partial charge in [0.05, 0.1) is 36.6 Å². The van der Waals surface area contributed by atoms with E-state index >= 15 is 0 Å². The molecule has 41 heavy (non-hydrogen) atoms. The minimum atomic E-state index is -4.43. The van der Waals surface area contributed by atoms with Gasteiger partial charge in [-0.2, -0.15) is 18.3 Å². The van der Waals surface area contributed by atoms with Gasteiger partial charge in [0.2, 0.25) is 0 Å². The first kappa shape index (κ1) is 31.7. The minimum absolute atomic E-state index is 0.0209. The molecule has 0 aliphatic carbocycles. The van der Waals surface area contributed by atoms with E-state index in [-0.39, 0.29) is 19.5 Å². The maximum absolute atomic E-state index is 13.0. The number of carbonyl (C=O) groups excluding carboxylic acids is 2. The Morgan fingerprint density at radius 2 is 1.83 bits per heavy atom. The van der Waals surface area contributed by atoms with Gasteiger partial charge in [-0.3, -0.25) is 9.48 Å². The molecule has 3 atom stereocenters. The number of benzene rings is 1. The smallest absolute Gasteiger partial charge is 0.416 e. The number of aliphatic hydroxyl groups excluding tert-OH is 1. The fourth-order valence-corrected chi connectivity index (χ4v) is 3.95. The van der Waals surface area contributed by atoms with Crippen LogP contribution in [0.1, 0.15) is 58.3 Å². The third-order valence-electron chi connectivity index (χ3n) is 6.51. The van der Waals surface area contributed by atoms with Gasteiger partial charge in [-0.15, -0.1) is 0 Å². The van der Waals surface area contributed by atoms with E-state index in [9.17, 15) is 27.9 Å². The number of hydrogen-bond acceptors (Lipinski definition) is 7. The van der Waals surface area contributed by atoms with Crippen molar-refractivity contribution in [3.05, 3.63) is 60.1 Å². The van der Waals surface area contributed by atoms with Crippen molar-refractivity contribution in [1.29, 1.82) is 0 Å². The summed E-state index contributed by atoms with van der Waals surface area (Å²) >= 11 is 0. The predicted octanol–water partition coefficient (Wildman–Crippen LogP) is 4.93. The van der Waals surface area contributed by atoms with Gasteiger partial charge in [0.15, 0.2) is 11.9 Å². The quantitative estimate of drug-likeness (QED) is 0.277. The van der Waals surface area contributed by atoms with Crippen LogP contribution in [0.15, 0.2) is 53.3 Å². The first-order valence-corrected chi connectivity index (χ1v) is 13.3. The van der Waals surface area contributed by atoms with Crippen molar-refractivity contribution >= 4 is 12.0 Å². The second-order valence-corrected chi connectivity index (χ2v) is 10.8. The van der Waals surface area contributed by atoms with Crippen LogP contribution in [0.3, 0.4) is 0 Å². The summed E-state index contributed by atoms with van der Waals surface area (Å²) < 4.78 is 50.7. The van der Waals surface area contributed by atoms with Crippen molar-refractivity contribution in [1.82, 2.24) is 25.6 Å². The van der Waals surface area contributed by atoms with Gasteiger partial charge in [-0.1, -0.05) is 51.4 Å². The lowest BCUT2D eigenvalue weighted by molar-refractivity contribution is -0.137. The van der Waals surface area contributed by atoms with Gasteiger partial charge in [0.1, 0.15) is 6.10 Å². The van der Waals surface area contributed by atoms with Crippen LogP contribution in [0.4, 0.5) is 18.0 Å². The SMILES string of the molecule is CCCC[C@H](OC(=O)N[C@H](Cn1ccc(-c2ccc(C(F)(F)F)cc2)n1)C(C)(C)C)[C@@H](O)C(=O)NCc1ccno1. The molecule has 3 aromatic rings. The van der Waals surface area contributed by atoms with E-state index < -0.39 is 47.4 Å². The Morgan fingerprint density at radius 3 is 2.41 bits per heavy atom. The summed E-state index contributed by atoms with van der Waals surface area (Å²) in [6.45, 7) is 7.94. The van der Waals surface area contributed by atoms with E-state index in [1.165, 1.54) is 18.3 Å². The molecule has 2 aromatic heterocycles. The van der Waals surface area contributed by atoms with Crippen LogP contribution in [-0.2, 0) is 28.8 Å². The van der Waals surface area contributed by atoms with E-state index in [1.807, 2.05) is 27.7 Å². The first-order valence-electron chi connectivity index (χ1n) is 13.3. The maximum atomic E-state index is 13.0. The molecular weight excluding hydrogens is 543 g/mol. The van der Waals surface area contributed by atoms with Crippen LogP contribution >= 0.6 is 0 Å². The molecule has 2 heterocycles. The minimum Gasteiger partial charge on any atom is -0.443 e. The Kier molecular flexibility index (Phi) is 10.5. The van der Waals surface area contributed by atoms with Gasteiger partial charge in [-0.25, -0.2) is 4.79 Å². The number of aliphatic hydroxyl groups is 1. The van der Waals surface area contributed by atoms with E-state index in [1.54, 1.807) is 23.0 Å². The second kappa shape index (κ2) is 13.7. The van der Waals surface area contributed by atoms with Crippen molar-refractivity contribution in [2.24, 2.45) is 5.41 Å². The zero-order chi connectivity index (χ0) is 30.2. The maximum Gasteiger partial charge on any atom is 0.416 e. The second-order valence-electron chi connectivity index (χ2n) is 10.8. The number of alkyl halides is 3. The topological polar surface area (TPSA) is 132 Å². The zero-order valence-corrected chi connectivity index (χ0v) is 23.4. The summed E-state index contributed by atoms with van der Waals surface area (Å²) in [5, 5.41) is 24.0. The van der Waals surface area contributed by atoms with Crippen molar-refractivity contribution in [2.75, 3.05) is 0 Å². The molecule has 0 saturated carbocycles. The molecule has 2 amide bonds. The molecule has 0 unspecified atom stereocenters. The number of nitrogens with one attached hydrogen (secondary N) is 2. The Morgan fingerprint density at radius 1 is 1.12 bits per heavy atom. The summed E-state index contributed by atoms with van der Waals surface area (Å²) in [5.74, 6) is -0.308. The Balaban J connectivity index is 1.65. The van der Waals surface area contributed by atoms with Crippen LogP contribution in [0, 0.1) is 5.41 Å². The molecule has 0 saturated heterocycles. The fraction of sp³-hybridized carbons (Fsp3) is 0.500. The number of alkyl carbamates (subject to hydrolysis) is 1. The molecule has 10 nitrogen and oxygen atoms in total. The zero-order valence-electron chi connectivity index (χ0n) is 23.4. The molecule has 224 valence electrons. The predicted molar refractivity (Wildman–Crippen MR) is 143 cm³/mol. The summed E-state index contributed by atoms with van der Waals surface area (Å²) in [4.78, 5) is 25.5. The Hall–Kier alpha value is -3.87. The highest BCUT2D eigenvalue weighted by atomic mass is 19.4. The molecule has 3 rings (SSSR count). The molecule has 0 spiro atoms. The normalized spacial score (nSPS) is 14.2. The van der Waals surface area contributed by atoms with E-state index in [4.69, 9.17) is 9.26 Å². The third-order valence-corrected chi connectivity index (χ3v) is 6.51. The number of amides is 2. The van der Waals surface area contributed by atoms with Gasteiger partial charge >= 0.3 is 12.3 Å². The van der Waals surface area contributed by atoms with Gasteiger partial charge < -0.3 is 25.0 Å². The highest BCUT2D eigenvalue weighted by Gasteiger charge is 2.33. The van der Waals surface area contributed by atoms with Gasteiger partial charge in [0, 0.05) is 17.8 Å². The van der Waals surface area contributed by atoms with E-state index in [0.717, 1.165) is 18.6 Å². The largest absolute Gasteiger partial charge is 0.443 e. The molecular formula is C28H36F3N5O5. The van der Waals surface area contributed by atoms with Crippen molar-refractivity contribution in [2.45, 2.75) is 84.5 Å². The Bertz CT molecular complexity index is 1250. The van der Waals surface area contributed by atoms with Crippen LogP contribution in [0.25, 0.3) is 11.3 Å². The molecule has 0 aliphatic rings. The lowest BCUT2D eigenvalue weighted by atomic mass is 9.87. The lowest BCUT2D eigenvalue weighted by Gasteiger charge is -2.32. The van der Waals surface area contributed by atoms with Crippen LogP contribution < -0.4 is 10.6 Å². The van der Waals surface area contributed by atoms with Crippen LogP contribution in [0.5, 0.6) is 0 Å². The highest BCUT2D eigenvalue weighted by Crippen LogP contribution is 2.30. The third kappa shape index (κ3) is 9.34. The average Bonchev–Trinajstić information content (AvgIpc) is 3.60. The molecule has 13 heteroatoms. The van der Waals surface area contributed by atoms with Crippen molar-refractivity contribution < 1.29 is 37.1 Å². The van der Waals surface area contributed by atoms with Crippen molar-refractivity contribution in [3.8, 4) is 11.3 Å². The molecule has 1 aromatic carbocycles. The summed E-state index contributed by atoms with van der Waals surface area (Å²) in [6, 6.07) is 7.48. The number of aromatic nitrogens is 3. The number of rotatable bonds is 12. The van der Waals surface area contributed by atoms with E-state index in [2.05, 4.69) is 20.9 Å². The molecule has 0 aliphatic heterocycles. The average molecular weight is 580 g/mol. The number of hydrogen-bond donors (Lipinski definition) is 3. The summed E-state index contributed by atoms with van der Waals surface area (Å²) in [6.07, 6.45) is -3.15. The molecule has 0 fully saturated rings.